The zero-order chi connectivity index (χ0) is 13.1. The Labute approximate surface area is 114 Å². The Morgan fingerprint density at radius 1 is 1.44 bits per heavy atom. The van der Waals surface area contributed by atoms with E-state index in [9.17, 15) is 13.6 Å². The number of hydrogen-bond acceptors (Lipinski definition) is 4. The first-order chi connectivity index (χ1) is 8.58. The lowest BCUT2D eigenvalue weighted by atomic mass is 10.2. The Kier molecular flexibility index (Phi) is 4.07. The van der Waals surface area contributed by atoms with E-state index >= 15 is 0 Å². The summed E-state index contributed by atoms with van der Waals surface area (Å²) in [7, 11) is 0. The normalized spacial score (nSPS) is 17.7. The molecule has 1 heterocycles. The van der Waals surface area contributed by atoms with Crippen molar-refractivity contribution >= 4 is 45.0 Å². The smallest absolute Gasteiger partial charge is 0.236 e. The molecular weight excluding hydrogens is 328 g/mol. The molecule has 0 atom stereocenters. The van der Waals surface area contributed by atoms with E-state index in [1.54, 1.807) is 0 Å². The van der Waals surface area contributed by atoms with Gasteiger partial charge in [-0.2, -0.15) is 5.10 Å². The van der Waals surface area contributed by atoms with Gasteiger partial charge < -0.3 is 5.32 Å². The largest absolute Gasteiger partial charge is 0.303 e. The SMILES string of the molecule is O=C1CSC(=NN=Cc2ccc(F)c(Br)c2F)N1. The second-order valence-electron chi connectivity index (χ2n) is 3.25. The van der Waals surface area contributed by atoms with Gasteiger partial charge in [-0.3, -0.25) is 4.79 Å². The Balaban J connectivity index is 2.15. The molecule has 0 spiro atoms. The van der Waals surface area contributed by atoms with E-state index < -0.39 is 11.6 Å². The molecule has 1 aromatic rings. The van der Waals surface area contributed by atoms with Gasteiger partial charge in [0.2, 0.25) is 5.91 Å². The molecule has 1 amide bonds. The molecule has 18 heavy (non-hydrogen) atoms. The van der Waals surface area contributed by atoms with Crippen LogP contribution in [0.4, 0.5) is 8.78 Å². The number of thioether (sulfide) groups is 1. The van der Waals surface area contributed by atoms with Crippen LogP contribution in [0.5, 0.6) is 0 Å². The standard InChI is InChI=1S/C10H6BrF2N3OS/c11-8-6(12)2-1-5(9(8)13)3-14-16-10-15-7(17)4-18-10/h1-3H,4H2,(H,15,16,17). The molecule has 0 bridgehead atoms. The molecule has 1 aliphatic rings. The summed E-state index contributed by atoms with van der Waals surface area (Å²) in [5.74, 6) is -1.29. The van der Waals surface area contributed by atoms with Crippen molar-refractivity contribution in [3.05, 3.63) is 33.8 Å². The Morgan fingerprint density at radius 2 is 2.22 bits per heavy atom. The van der Waals surface area contributed by atoms with Crippen LogP contribution in [0, 0.1) is 11.6 Å². The zero-order valence-electron chi connectivity index (χ0n) is 8.78. The topological polar surface area (TPSA) is 53.8 Å². The third-order valence-electron chi connectivity index (χ3n) is 2.00. The van der Waals surface area contributed by atoms with Crippen molar-refractivity contribution in [1.82, 2.24) is 5.32 Å². The Bertz CT molecular complexity index is 562. The molecule has 0 saturated carbocycles. The van der Waals surface area contributed by atoms with Crippen molar-refractivity contribution < 1.29 is 13.6 Å². The molecule has 1 fully saturated rings. The maximum Gasteiger partial charge on any atom is 0.236 e. The van der Waals surface area contributed by atoms with E-state index in [0.717, 1.165) is 12.3 Å². The lowest BCUT2D eigenvalue weighted by molar-refractivity contribution is -0.116. The number of carbonyl (C=O) groups excluding carboxylic acids is 1. The molecule has 0 unspecified atom stereocenters. The van der Waals surface area contributed by atoms with Crippen LogP contribution in [0.2, 0.25) is 0 Å². The predicted molar refractivity (Wildman–Crippen MR) is 69.7 cm³/mol. The molecule has 1 saturated heterocycles. The summed E-state index contributed by atoms with van der Waals surface area (Å²) < 4.78 is 26.2. The predicted octanol–water partition coefficient (Wildman–Crippen LogP) is 2.28. The van der Waals surface area contributed by atoms with Crippen LogP contribution in [-0.2, 0) is 4.79 Å². The van der Waals surface area contributed by atoms with Crippen molar-refractivity contribution in [1.29, 1.82) is 0 Å². The van der Waals surface area contributed by atoms with Gasteiger partial charge in [-0.1, -0.05) is 11.8 Å². The number of rotatable bonds is 2. The molecule has 8 heteroatoms. The molecule has 2 rings (SSSR count). The number of amides is 1. The highest BCUT2D eigenvalue weighted by Gasteiger charge is 2.16. The summed E-state index contributed by atoms with van der Waals surface area (Å²) in [6, 6.07) is 2.37. The summed E-state index contributed by atoms with van der Waals surface area (Å²) in [5.41, 5.74) is 0.0990. The van der Waals surface area contributed by atoms with Crippen LogP contribution in [0.3, 0.4) is 0 Å². The minimum atomic E-state index is -0.748. The highest BCUT2D eigenvalue weighted by atomic mass is 79.9. The number of hydrogen-bond donors (Lipinski definition) is 1. The third kappa shape index (κ3) is 2.94. The number of halogens is 3. The van der Waals surface area contributed by atoms with Crippen LogP contribution < -0.4 is 5.32 Å². The number of carbonyl (C=O) groups is 1. The van der Waals surface area contributed by atoms with Gasteiger partial charge in [0.25, 0.3) is 0 Å². The first-order valence-corrected chi connectivity index (χ1v) is 6.53. The van der Waals surface area contributed by atoms with E-state index in [1.807, 2.05) is 0 Å². The van der Waals surface area contributed by atoms with Gasteiger partial charge in [-0.05, 0) is 28.1 Å². The third-order valence-corrected chi connectivity index (χ3v) is 3.59. The van der Waals surface area contributed by atoms with Crippen LogP contribution >= 0.6 is 27.7 Å². The van der Waals surface area contributed by atoms with Gasteiger partial charge >= 0.3 is 0 Å². The van der Waals surface area contributed by atoms with Crippen LogP contribution in [0.1, 0.15) is 5.56 Å². The quantitative estimate of drug-likeness (QED) is 0.513. The van der Waals surface area contributed by atoms with Crippen molar-refractivity contribution in [2.75, 3.05) is 5.75 Å². The van der Waals surface area contributed by atoms with E-state index in [0.29, 0.717) is 10.9 Å². The zero-order valence-corrected chi connectivity index (χ0v) is 11.2. The first-order valence-electron chi connectivity index (χ1n) is 4.75. The summed E-state index contributed by atoms with van der Waals surface area (Å²) in [5, 5.41) is 10.2. The van der Waals surface area contributed by atoms with Gasteiger partial charge in [-0.15, -0.1) is 5.10 Å². The molecular formula is C10H6BrF2N3OS. The fourth-order valence-corrected chi connectivity index (χ4v) is 2.16. The molecule has 0 aliphatic carbocycles. The van der Waals surface area contributed by atoms with Gasteiger partial charge in [0.1, 0.15) is 11.6 Å². The van der Waals surface area contributed by atoms with Crippen molar-refractivity contribution in [2.45, 2.75) is 0 Å². The Hall–Kier alpha value is -1.28. The van der Waals surface area contributed by atoms with Crippen LogP contribution in [0.15, 0.2) is 26.8 Å². The average molecular weight is 334 g/mol. The van der Waals surface area contributed by atoms with Crippen molar-refractivity contribution in [2.24, 2.45) is 10.2 Å². The highest BCUT2D eigenvalue weighted by molar-refractivity contribution is 9.10. The highest BCUT2D eigenvalue weighted by Crippen LogP contribution is 2.21. The fraction of sp³-hybridized carbons (Fsp3) is 0.100. The van der Waals surface area contributed by atoms with E-state index in [-0.39, 0.29) is 15.9 Å². The summed E-state index contributed by atoms with van der Waals surface area (Å²) >= 11 is 4.00. The lowest BCUT2D eigenvalue weighted by Gasteiger charge is -1.99. The summed E-state index contributed by atoms with van der Waals surface area (Å²) in [6.07, 6.45) is 1.15. The molecule has 1 N–H and O–H groups in total. The molecule has 94 valence electrons. The number of nitrogens with one attached hydrogen (secondary N) is 1. The number of nitrogens with zero attached hydrogens (tertiary/aromatic N) is 2. The molecule has 0 aromatic heterocycles. The van der Waals surface area contributed by atoms with Crippen molar-refractivity contribution in [3.8, 4) is 0 Å². The molecule has 1 aliphatic heterocycles. The van der Waals surface area contributed by atoms with E-state index in [2.05, 4.69) is 31.4 Å². The van der Waals surface area contributed by atoms with Crippen LogP contribution in [0.25, 0.3) is 0 Å². The molecule has 1 aromatic carbocycles. The fourth-order valence-electron chi connectivity index (χ4n) is 1.16. The van der Waals surface area contributed by atoms with E-state index in [4.69, 9.17) is 0 Å². The lowest BCUT2D eigenvalue weighted by Crippen LogP contribution is -2.19. The second kappa shape index (κ2) is 5.57. The molecule has 0 radical (unpaired) electrons. The van der Waals surface area contributed by atoms with Crippen LogP contribution in [-0.4, -0.2) is 23.0 Å². The first kappa shape index (κ1) is 13.2. The number of amidine groups is 1. The minimum absolute atomic E-state index is 0.0990. The van der Waals surface area contributed by atoms with E-state index in [1.165, 1.54) is 17.8 Å². The maximum atomic E-state index is 13.5. The second-order valence-corrected chi connectivity index (χ2v) is 5.01. The molecule has 4 nitrogen and oxygen atoms in total. The van der Waals surface area contributed by atoms with Gasteiger partial charge in [-0.25, -0.2) is 8.78 Å². The van der Waals surface area contributed by atoms with Gasteiger partial charge in [0.15, 0.2) is 5.17 Å². The van der Waals surface area contributed by atoms with Gasteiger partial charge in [0.05, 0.1) is 16.4 Å². The minimum Gasteiger partial charge on any atom is -0.303 e. The number of benzene rings is 1. The Morgan fingerprint density at radius 3 is 2.89 bits per heavy atom. The monoisotopic (exact) mass is 333 g/mol. The van der Waals surface area contributed by atoms with Crippen molar-refractivity contribution in [3.63, 3.8) is 0 Å². The van der Waals surface area contributed by atoms with Gasteiger partial charge in [0, 0.05) is 5.56 Å². The summed E-state index contributed by atoms with van der Waals surface area (Å²) in [6.45, 7) is 0. The average Bonchev–Trinajstić information content (AvgIpc) is 2.75. The maximum absolute atomic E-state index is 13.5. The summed E-state index contributed by atoms with van der Waals surface area (Å²) in [4.78, 5) is 10.9.